The summed E-state index contributed by atoms with van der Waals surface area (Å²) in [5.41, 5.74) is 5.53. The number of rotatable bonds is 5. The van der Waals surface area contributed by atoms with Gasteiger partial charge in [-0.3, -0.25) is 14.3 Å². The number of aryl methyl sites for hydroxylation is 1. The number of amides is 2. The molecule has 7 heteroatoms. The maximum absolute atomic E-state index is 11.8. The molecule has 0 atom stereocenters. The van der Waals surface area contributed by atoms with E-state index in [-0.39, 0.29) is 11.4 Å². The lowest BCUT2D eigenvalue weighted by Crippen LogP contribution is -2.16. The number of nitrogens with two attached hydrogens (primary N) is 1. The zero-order valence-electron chi connectivity index (χ0n) is 10.9. The molecule has 0 aliphatic heterocycles. The summed E-state index contributed by atoms with van der Waals surface area (Å²) < 4.78 is 6.58. The molecule has 2 rings (SSSR count). The minimum atomic E-state index is -0.692. The van der Waals surface area contributed by atoms with Gasteiger partial charge in [-0.15, -0.1) is 0 Å². The topological polar surface area (TPSA) is 103 Å². The predicted molar refractivity (Wildman–Crippen MR) is 72.8 cm³/mol. The molecule has 0 aromatic carbocycles. The van der Waals surface area contributed by atoms with Crippen molar-refractivity contribution in [2.45, 2.75) is 13.5 Å². The Balaban J connectivity index is 2.11. The Hall–Kier alpha value is -2.83. The first-order valence-corrected chi connectivity index (χ1v) is 6.00. The molecule has 104 valence electrons. The van der Waals surface area contributed by atoms with Gasteiger partial charge in [0, 0.05) is 18.8 Å². The number of furan rings is 1. The van der Waals surface area contributed by atoms with E-state index in [4.69, 9.17) is 10.2 Å². The van der Waals surface area contributed by atoms with Crippen LogP contribution in [-0.2, 0) is 11.3 Å². The average molecular weight is 274 g/mol. The van der Waals surface area contributed by atoms with Crippen molar-refractivity contribution in [2.24, 2.45) is 5.73 Å². The molecule has 7 nitrogen and oxygen atoms in total. The third-order valence-corrected chi connectivity index (χ3v) is 2.52. The molecule has 2 heterocycles. The molecule has 20 heavy (non-hydrogen) atoms. The second kappa shape index (κ2) is 5.87. The fourth-order valence-electron chi connectivity index (χ4n) is 1.58. The van der Waals surface area contributed by atoms with Crippen LogP contribution in [0.5, 0.6) is 0 Å². The summed E-state index contributed by atoms with van der Waals surface area (Å²) in [4.78, 5) is 23.0. The smallest absolute Gasteiger partial charge is 0.271 e. The van der Waals surface area contributed by atoms with Gasteiger partial charge in [0.15, 0.2) is 5.69 Å². The largest absolute Gasteiger partial charge is 0.465 e. The summed E-state index contributed by atoms with van der Waals surface area (Å²) in [6, 6.07) is 3.43. The molecule has 3 N–H and O–H groups in total. The monoisotopic (exact) mass is 274 g/mol. The van der Waals surface area contributed by atoms with Crippen LogP contribution in [0.1, 0.15) is 23.2 Å². The van der Waals surface area contributed by atoms with Crippen LogP contribution in [0.4, 0.5) is 5.69 Å². The summed E-state index contributed by atoms with van der Waals surface area (Å²) >= 11 is 0. The van der Waals surface area contributed by atoms with Crippen molar-refractivity contribution in [3.05, 3.63) is 42.1 Å². The molecule has 0 saturated carbocycles. The first kappa shape index (κ1) is 13.6. The van der Waals surface area contributed by atoms with Crippen LogP contribution in [0, 0.1) is 0 Å². The van der Waals surface area contributed by atoms with Crippen molar-refractivity contribution in [1.82, 2.24) is 9.78 Å². The number of hydrogen-bond donors (Lipinski definition) is 2. The first-order chi connectivity index (χ1) is 9.60. The summed E-state index contributed by atoms with van der Waals surface area (Å²) in [5.74, 6) is -0.540. The zero-order valence-corrected chi connectivity index (χ0v) is 10.9. The highest BCUT2D eigenvalue weighted by atomic mass is 16.3. The normalized spacial score (nSPS) is 10.8. The average Bonchev–Trinajstić information content (AvgIpc) is 3.05. The molecule has 0 spiro atoms. The lowest BCUT2D eigenvalue weighted by Gasteiger charge is -1.99. The summed E-state index contributed by atoms with van der Waals surface area (Å²) in [6.07, 6.45) is 5.88. The summed E-state index contributed by atoms with van der Waals surface area (Å²) in [6.45, 7) is 2.43. The highest BCUT2D eigenvalue weighted by Gasteiger charge is 2.14. The van der Waals surface area contributed by atoms with Crippen LogP contribution in [0.25, 0.3) is 6.08 Å². The van der Waals surface area contributed by atoms with Gasteiger partial charge in [-0.25, -0.2) is 0 Å². The molecule has 0 bridgehead atoms. The fourth-order valence-corrected chi connectivity index (χ4v) is 1.58. The number of primary amides is 1. The Bertz CT molecular complexity index is 641. The van der Waals surface area contributed by atoms with Gasteiger partial charge < -0.3 is 15.5 Å². The van der Waals surface area contributed by atoms with E-state index in [0.29, 0.717) is 12.3 Å². The van der Waals surface area contributed by atoms with Crippen LogP contribution in [-0.4, -0.2) is 21.6 Å². The van der Waals surface area contributed by atoms with Gasteiger partial charge in [-0.2, -0.15) is 5.10 Å². The minimum absolute atomic E-state index is 0.0339. The second-order valence-electron chi connectivity index (χ2n) is 3.95. The Morgan fingerprint density at radius 3 is 2.95 bits per heavy atom. The Labute approximate surface area is 115 Å². The van der Waals surface area contributed by atoms with Gasteiger partial charge >= 0.3 is 0 Å². The quantitative estimate of drug-likeness (QED) is 0.800. The number of aromatic nitrogens is 2. The van der Waals surface area contributed by atoms with Crippen molar-refractivity contribution in [3.8, 4) is 0 Å². The van der Waals surface area contributed by atoms with Crippen molar-refractivity contribution in [1.29, 1.82) is 0 Å². The highest BCUT2D eigenvalue weighted by molar-refractivity contribution is 6.06. The van der Waals surface area contributed by atoms with Crippen molar-refractivity contribution < 1.29 is 14.0 Å². The van der Waals surface area contributed by atoms with E-state index in [2.05, 4.69) is 10.4 Å². The van der Waals surface area contributed by atoms with Crippen LogP contribution in [0.3, 0.4) is 0 Å². The molecule has 2 amide bonds. The molecule has 0 fully saturated rings. The summed E-state index contributed by atoms with van der Waals surface area (Å²) in [7, 11) is 0. The van der Waals surface area contributed by atoms with E-state index in [1.54, 1.807) is 18.3 Å². The number of carbonyl (C=O) groups is 2. The molecular weight excluding hydrogens is 260 g/mol. The van der Waals surface area contributed by atoms with Gasteiger partial charge in [0.2, 0.25) is 5.91 Å². The molecule has 0 saturated heterocycles. The molecule has 2 aromatic heterocycles. The highest BCUT2D eigenvalue weighted by Crippen LogP contribution is 2.13. The van der Waals surface area contributed by atoms with Gasteiger partial charge in [-0.1, -0.05) is 0 Å². The van der Waals surface area contributed by atoms with Gasteiger partial charge in [0.05, 0.1) is 12.0 Å². The molecule has 0 aliphatic carbocycles. The molecule has 0 unspecified atom stereocenters. The molecular formula is C13H14N4O3. The van der Waals surface area contributed by atoms with Gasteiger partial charge in [0.25, 0.3) is 5.91 Å². The Morgan fingerprint density at radius 2 is 2.35 bits per heavy atom. The predicted octanol–water partition coefficient (Wildman–Crippen LogP) is 1.25. The molecule has 0 aliphatic rings. The number of nitrogens with one attached hydrogen (secondary N) is 1. The van der Waals surface area contributed by atoms with Gasteiger partial charge in [0.1, 0.15) is 5.76 Å². The van der Waals surface area contributed by atoms with E-state index in [1.807, 2.05) is 6.92 Å². The Kier molecular flexibility index (Phi) is 3.99. The number of anilines is 1. The maximum Gasteiger partial charge on any atom is 0.271 e. The number of hydrogen-bond acceptors (Lipinski definition) is 4. The Morgan fingerprint density at radius 1 is 1.55 bits per heavy atom. The second-order valence-corrected chi connectivity index (χ2v) is 3.95. The SMILES string of the molecule is CCn1cc(NC(=O)C=Cc2ccco2)c(C(N)=O)n1. The van der Waals surface area contributed by atoms with E-state index in [1.165, 1.54) is 23.1 Å². The molecule has 2 aromatic rings. The standard InChI is InChI=1S/C13H14N4O3/c1-2-17-8-10(12(16-17)13(14)19)15-11(18)6-5-9-4-3-7-20-9/h3-8H,2H2,1H3,(H2,14,19)(H,15,18). The third-order valence-electron chi connectivity index (χ3n) is 2.52. The van der Waals surface area contributed by atoms with Crippen LogP contribution < -0.4 is 11.1 Å². The number of nitrogens with zero attached hydrogens (tertiary/aromatic N) is 2. The van der Waals surface area contributed by atoms with E-state index in [0.717, 1.165) is 0 Å². The van der Waals surface area contributed by atoms with Crippen molar-refractivity contribution in [2.75, 3.05) is 5.32 Å². The zero-order chi connectivity index (χ0) is 14.5. The van der Waals surface area contributed by atoms with Crippen molar-refractivity contribution >= 4 is 23.6 Å². The summed E-state index contributed by atoms with van der Waals surface area (Å²) in [5, 5.41) is 6.53. The minimum Gasteiger partial charge on any atom is -0.465 e. The fraction of sp³-hybridized carbons (Fsp3) is 0.154. The number of carbonyl (C=O) groups excluding carboxylic acids is 2. The van der Waals surface area contributed by atoms with E-state index < -0.39 is 11.8 Å². The van der Waals surface area contributed by atoms with Crippen molar-refractivity contribution in [3.63, 3.8) is 0 Å². The van der Waals surface area contributed by atoms with E-state index >= 15 is 0 Å². The van der Waals surface area contributed by atoms with Gasteiger partial charge in [-0.05, 0) is 25.1 Å². The lowest BCUT2D eigenvalue weighted by molar-refractivity contribution is -0.111. The van der Waals surface area contributed by atoms with Crippen LogP contribution >= 0.6 is 0 Å². The van der Waals surface area contributed by atoms with Crippen LogP contribution in [0.2, 0.25) is 0 Å². The lowest BCUT2D eigenvalue weighted by atomic mass is 10.3. The van der Waals surface area contributed by atoms with E-state index in [9.17, 15) is 9.59 Å². The maximum atomic E-state index is 11.8. The molecule has 0 radical (unpaired) electrons. The third kappa shape index (κ3) is 3.14. The van der Waals surface area contributed by atoms with Crippen LogP contribution in [0.15, 0.2) is 35.1 Å². The first-order valence-electron chi connectivity index (χ1n) is 6.00.